The molecule has 1 aliphatic heterocycles. The predicted octanol–water partition coefficient (Wildman–Crippen LogP) is 1.77. The van der Waals surface area contributed by atoms with Gasteiger partial charge >= 0.3 is 0 Å². The van der Waals surface area contributed by atoms with Gasteiger partial charge in [0.1, 0.15) is 0 Å². The molecule has 88 valence electrons. The Hall–Kier alpha value is -2.61. The van der Waals surface area contributed by atoms with Gasteiger partial charge in [0.25, 0.3) is 0 Å². The van der Waals surface area contributed by atoms with Crippen molar-refractivity contribution >= 4 is 11.7 Å². The fourth-order valence-corrected chi connectivity index (χ4v) is 2.13. The van der Waals surface area contributed by atoms with Gasteiger partial charge in [0.15, 0.2) is 12.0 Å². The topological polar surface area (TPSA) is 61.9 Å². The molecule has 0 atom stereocenters. The molecule has 5 nitrogen and oxygen atoms in total. The van der Waals surface area contributed by atoms with Crippen LogP contribution in [0.1, 0.15) is 6.42 Å². The molecule has 0 saturated carbocycles. The van der Waals surface area contributed by atoms with Crippen molar-refractivity contribution in [1.29, 1.82) is 5.26 Å². The number of amides is 1. The molecule has 0 aliphatic carbocycles. The first-order valence-corrected chi connectivity index (χ1v) is 5.65. The molecule has 0 bridgehead atoms. The second-order valence-electron chi connectivity index (χ2n) is 4.05. The van der Waals surface area contributed by atoms with Crippen LogP contribution in [-0.2, 0) is 11.3 Å². The Morgan fingerprint density at radius 3 is 2.78 bits per heavy atom. The number of nitriles is 1. The van der Waals surface area contributed by atoms with Crippen molar-refractivity contribution in [2.24, 2.45) is 0 Å². The number of nitrogens with zero attached hydrogens (tertiary/aromatic N) is 4. The summed E-state index contributed by atoms with van der Waals surface area (Å²) in [4.78, 5) is 12.9. The second-order valence-corrected chi connectivity index (χ2v) is 4.05. The smallest absolute Gasteiger partial charge is 0.243 e. The van der Waals surface area contributed by atoms with Crippen LogP contribution in [0.2, 0.25) is 0 Å². The van der Waals surface area contributed by atoms with Gasteiger partial charge in [-0.15, -0.1) is 0 Å². The van der Waals surface area contributed by atoms with Crippen molar-refractivity contribution in [1.82, 2.24) is 9.78 Å². The standard InChI is InChI=1S/C13H10N4O/c14-9-16-12(18)6-7-17-13(16)11(8-15-17)10-4-2-1-3-5-10/h1-5,8H,6-7H2. The van der Waals surface area contributed by atoms with Gasteiger partial charge in [-0.25, -0.2) is 4.68 Å². The Bertz CT molecular complexity index is 639. The van der Waals surface area contributed by atoms with E-state index in [0.29, 0.717) is 18.8 Å². The summed E-state index contributed by atoms with van der Waals surface area (Å²) in [7, 11) is 0. The van der Waals surface area contributed by atoms with Crippen LogP contribution in [-0.4, -0.2) is 15.7 Å². The first-order chi connectivity index (χ1) is 8.81. The van der Waals surface area contributed by atoms with Crippen LogP contribution in [0.3, 0.4) is 0 Å². The highest BCUT2D eigenvalue weighted by molar-refractivity contribution is 6.00. The fraction of sp³-hybridized carbons (Fsp3) is 0.154. The monoisotopic (exact) mass is 238 g/mol. The molecule has 1 aliphatic rings. The van der Waals surface area contributed by atoms with Crippen LogP contribution in [0, 0.1) is 11.5 Å². The lowest BCUT2D eigenvalue weighted by Gasteiger charge is -2.22. The molecule has 0 unspecified atom stereocenters. The maximum absolute atomic E-state index is 11.7. The number of benzene rings is 1. The largest absolute Gasteiger partial charge is 0.273 e. The van der Waals surface area contributed by atoms with Gasteiger partial charge in [-0.2, -0.15) is 15.3 Å². The normalized spacial score (nSPS) is 14.2. The SMILES string of the molecule is N#CN1C(=O)CCn2ncc(-c3ccccc3)c21. The van der Waals surface area contributed by atoms with E-state index in [1.165, 1.54) is 0 Å². The third-order valence-corrected chi connectivity index (χ3v) is 3.00. The predicted molar refractivity (Wildman–Crippen MR) is 65.4 cm³/mol. The van der Waals surface area contributed by atoms with Gasteiger partial charge in [-0.05, 0) is 5.56 Å². The molecular formula is C13H10N4O. The first kappa shape index (κ1) is 10.5. The van der Waals surface area contributed by atoms with E-state index in [1.807, 2.05) is 36.5 Å². The van der Waals surface area contributed by atoms with Gasteiger partial charge in [0.05, 0.1) is 12.7 Å². The highest BCUT2D eigenvalue weighted by Crippen LogP contribution is 2.33. The zero-order chi connectivity index (χ0) is 12.5. The quantitative estimate of drug-likeness (QED) is 0.711. The van der Waals surface area contributed by atoms with Gasteiger partial charge in [0.2, 0.25) is 5.91 Å². The molecule has 0 N–H and O–H groups in total. The van der Waals surface area contributed by atoms with E-state index in [2.05, 4.69) is 5.10 Å². The fourth-order valence-electron chi connectivity index (χ4n) is 2.13. The van der Waals surface area contributed by atoms with Crippen LogP contribution in [0.5, 0.6) is 0 Å². The van der Waals surface area contributed by atoms with Gasteiger partial charge < -0.3 is 0 Å². The highest BCUT2D eigenvalue weighted by atomic mass is 16.2. The molecule has 1 aromatic carbocycles. The van der Waals surface area contributed by atoms with Crippen LogP contribution < -0.4 is 4.90 Å². The number of hydrogen-bond donors (Lipinski definition) is 0. The number of fused-ring (bicyclic) bond motifs is 1. The lowest BCUT2D eigenvalue weighted by Crippen LogP contribution is -2.33. The number of aromatic nitrogens is 2. The number of anilines is 1. The third-order valence-electron chi connectivity index (χ3n) is 3.00. The zero-order valence-corrected chi connectivity index (χ0v) is 9.58. The molecule has 0 radical (unpaired) electrons. The number of hydrogen-bond acceptors (Lipinski definition) is 3. The summed E-state index contributed by atoms with van der Waals surface area (Å²) in [5, 5.41) is 13.3. The molecule has 0 fully saturated rings. The number of aryl methyl sites for hydroxylation is 1. The summed E-state index contributed by atoms with van der Waals surface area (Å²) in [5.41, 5.74) is 1.76. The van der Waals surface area contributed by atoms with E-state index in [0.717, 1.165) is 16.0 Å². The molecule has 3 rings (SSSR count). The van der Waals surface area contributed by atoms with E-state index in [4.69, 9.17) is 5.26 Å². The lowest BCUT2D eigenvalue weighted by atomic mass is 10.1. The van der Waals surface area contributed by atoms with Crippen molar-refractivity contribution < 1.29 is 4.79 Å². The Morgan fingerprint density at radius 1 is 1.28 bits per heavy atom. The van der Waals surface area contributed by atoms with Crippen molar-refractivity contribution in [3.63, 3.8) is 0 Å². The Kier molecular flexibility index (Phi) is 2.34. The van der Waals surface area contributed by atoms with E-state index >= 15 is 0 Å². The molecule has 18 heavy (non-hydrogen) atoms. The van der Waals surface area contributed by atoms with Crippen LogP contribution >= 0.6 is 0 Å². The average Bonchev–Trinajstić information content (AvgIpc) is 2.83. The maximum atomic E-state index is 11.7. The van der Waals surface area contributed by atoms with E-state index in [9.17, 15) is 4.79 Å². The molecule has 2 heterocycles. The van der Waals surface area contributed by atoms with Crippen molar-refractivity contribution in [3.05, 3.63) is 36.5 Å². The highest BCUT2D eigenvalue weighted by Gasteiger charge is 2.28. The molecule has 1 amide bonds. The molecule has 0 spiro atoms. The Morgan fingerprint density at radius 2 is 2.06 bits per heavy atom. The van der Waals surface area contributed by atoms with Gasteiger partial charge in [0, 0.05) is 12.0 Å². The first-order valence-electron chi connectivity index (χ1n) is 5.65. The molecular weight excluding hydrogens is 228 g/mol. The summed E-state index contributed by atoms with van der Waals surface area (Å²) in [6.45, 7) is 0.527. The number of rotatable bonds is 1. The molecule has 5 heteroatoms. The Labute approximate surface area is 104 Å². The zero-order valence-electron chi connectivity index (χ0n) is 9.58. The summed E-state index contributed by atoms with van der Waals surface area (Å²) in [6, 6.07) is 9.63. The van der Waals surface area contributed by atoms with E-state index in [1.54, 1.807) is 10.9 Å². The van der Waals surface area contributed by atoms with Crippen LogP contribution in [0.15, 0.2) is 36.5 Å². The third kappa shape index (κ3) is 1.47. The van der Waals surface area contributed by atoms with E-state index < -0.39 is 0 Å². The minimum absolute atomic E-state index is 0.178. The summed E-state index contributed by atoms with van der Waals surface area (Å²) in [6.07, 6.45) is 3.95. The minimum atomic E-state index is -0.178. The van der Waals surface area contributed by atoms with Crippen LogP contribution in [0.25, 0.3) is 11.1 Å². The lowest BCUT2D eigenvalue weighted by molar-refractivity contribution is -0.118. The molecule has 2 aromatic rings. The minimum Gasteiger partial charge on any atom is -0.273 e. The average molecular weight is 238 g/mol. The summed E-state index contributed by atoms with van der Waals surface area (Å²) < 4.78 is 1.70. The molecule has 0 saturated heterocycles. The van der Waals surface area contributed by atoms with Crippen molar-refractivity contribution in [2.75, 3.05) is 4.90 Å². The van der Waals surface area contributed by atoms with E-state index in [-0.39, 0.29) is 5.91 Å². The number of carbonyl (C=O) groups is 1. The van der Waals surface area contributed by atoms with Crippen molar-refractivity contribution in [3.8, 4) is 17.3 Å². The summed E-state index contributed by atoms with van der Waals surface area (Å²) >= 11 is 0. The van der Waals surface area contributed by atoms with Gasteiger partial charge in [-0.3, -0.25) is 4.79 Å². The molecule has 1 aromatic heterocycles. The van der Waals surface area contributed by atoms with Crippen LogP contribution in [0.4, 0.5) is 5.82 Å². The van der Waals surface area contributed by atoms with Crippen molar-refractivity contribution in [2.45, 2.75) is 13.0 Å². The Balaban J connectivity index is 2.18. The summed E-state index contributed by atoms with van der Waals surface area (Å²) in [5.74, 6) is 0.391. The van der Waals surface area contributed by atoms with Gasteiger partial charge in [-0.1, -0.05) is 30.3 Å². The maximum Gasteiger partial charge on any atom is 0.243 e. The number of carbonyl (C=O) groups excluding carboxylic acids is 1. The second kappa shape index (κ2) is 4.00.